The molecule has 0 aliphatic carbocycles. The quantitative estimate of drug-likeness (QED) is 0.650. The summed E-state index contributed by atoms with van der Waals surface area (Å²) in [5.41, 5.74) is 0.132. The molecule has 1 aliphatic heterocycles. The molecule has 0 unspecified atom stereocenters. The molecule has 0 atom stereocenters. The van der Waals surface area contributed by atoms with Gasteiger partial charge in [-0.15, -0.1) is 0 Å². The van der Waals surface area contributed by atoms with Gasteiger partial charge in [0, 0.05) is 6.07 Å². The first-order chi connectivity index (χ1) is 14.7. The number of halogens is 2. The van der Waals surface area contributed by atoms with Crippen LogP contribution >= 0.6 is 11.8 Å². The van der Waals surface area contributed by atoms with Gasteiger partial charge in [-0.05, 0) is 47.7 Å². The summed E-state index contributed by atoms with van der Waals surface area (Å²) in [7, 11) is 2.68. The number of benzene rings is 2. The largest absolute Gasteiger partial charge is 0.502 e. The Morgan fingerprint density at radius 2 is 1.81 bits per heavy atom. The van der Waals surface area contributed by atoms with Crippen LogP contribution in [0.1, 0.15) is 5.56 Å². The molecule has 162 valence electrons. The molecule has 2 aromatic rings. The first kappa shape index (κ1) is 22.1. The number of nitrogens with one attached hydrogen (secondary N) is 1. The van der Waals surface area contributed by atoms with Crippen molar-refractivity contribution >= 4 is 40.6 Å². The fraction of sp³-hybridized carbons (Fsp3) is 0.150. The van der Waals surface area contributed by atoms with Gasteiger partial charge >= 0.3 is 0 Å². The van der Waals surface area contributed by atoms with E-state index in [1.807, 2.05) is 0 Å². The molecule has 1 aliphatic rings. The molecule has 8 nitrogen and oxygen atoms in total. The van der Waals surface area contributed by atoms with Crippen molar-refractivity contribution in [2.45, 2.75) is 0 Å². The molecule has 1 fully saturated rings. The number of imide groups is 1. The molecular weight excluding hydrogens is 434 g/mol. The van der Waals surface area contributed by atoms with Crippen LogP contribution in [0.25, 0.3) is 6.08 Å². The summed E-state index contributed by atoms with van der Waals surface area (Å²) in [4.78, 5) is 37.7. The Morgan fingerprint density at radius 3 is 2.39 bits per heavy atom. The fourth-order valence-corrected chi connectivity index (χ4v) is 3.55. The third kappa shape index (κ3) is 4.77. The van der Waals surface area contributed by atoms with E-state index in [9.17, 15) is 28.3 Å². The van der Waals surface area contributed by atoms with E-state index >= 15 is 0 Å². The Balaban J connectivity index is 1.77. The topological polar surface area (TPSA) is 105 Å². The second-order valence-electron chi connectivity index (χ2n) is 6.21. The lowest BCUT2D eigenvalue weighted by atomic mass is 10.1. The van der Waals surface area contributed by atoms with Crippen molar-refractivity contribution in [1.29, 1.82) is 0 Å². The fourth-order valence-electron chi connectivity index (χ4n) is 2.71. The lowest BCUT2D eigenvalue weighted by Gasteiger charge is -2.13. The van der Waals surface area contributed by atoms with Crippen LogP contribution < -0.4 is 14.8 Å². The Labute approximate surface area is 179 Å². The number of anilines is 1. The minimum absolute atomic E-state index is 0.0283. The standard InChI is InChI=1S/C20H16F2N2O6S/c1-29-14-5-10(6-15(30-2)18(14)26)7-16-19(27)24(20(28)31-16)9-17(25)23-13-4-3-11(21)8-12(13)22/h3-8,26H,9H2,1-2H3,(H,23,25). The van der Waals surface area contributed by atoms with E-state index in [-0.39, 0.29) is 27.8 Å². The molecule has 2 aromatic carbocycles. The van der Waals surface area contributed by atoms with E-state index in [1.54, 1.807) is 0 Å². The highest BCUT2D eigenvalue weighted by atomic mass is 32.2. The van der Waals surface area contributed by atoms with E-state index in [0.717, 1.165) is 12.1 Å². The number of methoxy groups -OCH3 is 2. The van der Waals surface area contributed by atoms with Gasteiger partial charge in [0.15, 0.2) is 11.5 Å². The Hall–Kier alpha value is -3.60. The van der Waals surface area contributed by atoms with Crippen molar-refractivity contribution in [3.8, 4) is 17.2 Å². The third-order valence-electron chi connectivity index (χ3n) is 4.18. The molecule has 11 heteroatoms. The van der Waals surface area contributed by atoms with Crippen LogP contribution in [0.3, 0.4) is 0 Å². The van der Waals surface area contributed by atoms with Crippen LogP contribution in [0.4, 0.5) is 19.3 Å². The van der Waals surface area contributed by atoms with Gasteiger partial charge in [-0.1, -0.05) is 0 Å². The van der Waals surface area contributed by atoms with E-state index in [0.29, 0.717) is 28.3 Å². The normalized spacial score (nSPS) is 14.8. The van der Waals surface area contributed by atoms with Crippen molar-refractivity contribution in [1.82, 2.24) is 4.90 Å². The number of hydrogen-bond acceptors (Lipinski definition) is 7. The number of amides is 3. The van der Waals surface area contributed by atoms with Crippen molar-refractivity contribution in [3.63, 3.8) is 0 Å². The van der Waals surface area contributed by atoms with Gasteiger partial charge in [0.05, 0.1) is 24.8 Å². The first-order valence-electron chi connectivity index (χ1n) is 8.68. The highest BCUT2D eigenvalue weighted by Gasteiger charge is 2.36. The summed E-state index contributed by atoms with van der Waals surface area (Å²) in [5, 5.41) is 11.5. The number of rotatable bonds is 6. The molecule has 0 spiro atoms. The molecule has 0 saturated carbocycles. The predicted octanol–water partition coefficient (Wildman–Crippen LogP) is 3.36. The molecule has 0 aromatic heterocycles. The molecule has 0 bridgehead atoms. The van der Waals surface area contributed by atoms with Crippen molar-refractivity contribution < 1.29 is 37.7 Å². The van der Waals surface area contributed by atoms with Gasteiger partial charge < -0.3 is 19.9 Å². The lowest BCUT2D eigenvalue weighted by molar-refractivity contribution is -0.127. The molecule has 3 rings (SSSR count). The van der Waals surface area contributed by atoms with Crippen molar-refractivity contribution in [3.05, 3.63) is 52.4 Å². The van der Waals surface area contributed by atoms with Crippen LogP contribution in [-0.4, -0.2) is 47.8 Å². The van der Waals surface area contributed by atoms with Gasteiger partial charge in [-0.2, -0.15) is 0 Å². The number of aromatic hydroxyl groups is 1. The molecule has 1 heterocycles. The zero-order valence-electron chi connectivity index (χ0n) is 16.3. The average Bonchev–Trinajstić information content (AvgIpc) is 2.98. The molecule has 0 radical (unpaired) electrons. The summed E-state index contributed by atoms with van der Waals surface area (Å²) < 4.78 is 36.8. The summed E-state index contributed by atoms with van der Waals surface area (Å²) >= 11 is 0.612. The highest BCUT2D eigenvalue weighted by Crippen LogP contribution is 2.39. The molecule has 31 heavy (non-hydrogen) atoms. The number of carbonyl (C=O) groups excluding carboxylic acids is 3. The zero-order valence-corrected chi connectivity index (χ0v) is 17.1. The number of nitrogens with zero attached hydrogens (tertiary/aromatic N) is 1. The second kappa shape index (κ2) is 9.04. The maximum absolute atomic E-state index is 13.7. The monoisotopic (exact) mass is 450 g/mol. The van der Waals surface area contributed by atoms with Crippen LogP contribution in [0.15, 0.2) is 35.2 Å². The van der Waals surface area contributed by atoms with E-state index in [1.165, 1.54) is 32.4 Å². The number of carbonyl (C=O) groups is 3. The Bertz CT molecular complexity index is 1080. The minimum atomic E-state index is -0.988. The first-order valence-corrected chi connectivity index (χ1v) is 9.50. The van der Waals surface area contributed by atoms with Gasteiger partial charge in [0.1, 0.15) is 18.2 Å². The second-order valence-corrected chi connectivity index (χ2v) is 7.21. The summed E-state index contributed by atoms with van der Waals surface area (Å²) in [6.45, 7) is -0.652. The van der Waals surface area contributed by atoms with Crippen LogP contribution in [0, 0.1) is 11.6 Å². The van der Waals surface area contributed by atoms with Gasteiger partial charge in [0.25, 0.3) is 11.1 Å². The van der Waals surface area contributed by atoms with Gasteiger partial charge in [-0.25, -0.2) is 8.78 Å². The number of hydrogen-bond donors (Lipinski definition) is 2. The number of thioether (sulfide) groups is 1. The molecule has 3 amide bonds. The van der Waals surface area contributed by atoms with Crippen LogP contribution in [0.5, 0.6) is 17.2 Å². The zero-order chi connectivity index (χ0) is 22.7. The van der Waals surface area contributed by atoms with Crippen LogP contribution in [-0.2, 0) is 9.59 Å². The Morgan fingerprint density at radius 1 is 1.16 bits per heavy atom. The summed E-state index contributed by atoms with van der Waals surface area (Å²) in [6.07, 6.45) is 1.38. The molecule has 1 saturated heterocycles. The smallest absolute Gasteiger partial charge is 0.294 e. The highest BCUT2D eigenvalue weighted by molar-refractivity contribution is 8.18. The maximum atomic E-state index is 13.7. The van der Waals surface area contributed by atoms with E-state index in [2.05, 4.69) is 5.32 Å². The number of phenols is 1. The molecule has 2 N–H and O–H groups in total. The van der Waals surface area contributed by atoms with E-state index < -0.39 is 35.2 Å². The lowest BCUT2D eigenvalue weighted by Crippen LogP contribution is -2.36. The van der Waals surface area contributed by atoms with E-state index in [4.69, 9.17) is 9.47 Å². The average molecular weight is 450 g/mol. The SMILES string of the molecule is COc1cc(C=C2SC(=O)N(CC(=O)Nc3ccc(F)cc3F)C2=O)cc(OC)c1O. The van der Waals surface area contributed by atoms with Gasteiger partial charge in [-0.3, -0.25) is 19.3 Å². The number of ether oxygens (including phenoxy) is 2. The number of phenolic OH excluding ortho intramolecular Hbond substituents is 1. The summed E-state index contributed by atoms with van der Waals surface area (Å²) in [5.74, 6) is -3.37. The predicted molar refractivity (Wildman–Crippen MR) is 109 cm³/mol. The van der Waals surface area contributed by atoms with Crippen molar-refractivity contribution in [2.75, 3.05) is 26.1 Å². The minimum Gasteiger partial charge on any atom is -0.502 e. The van der Waals surface area contributed by atoms with Crippen LogP contribution in [0.2, 0.25) is 0 Å². The molecular formula is C20H16F2N2O6S. The maximum Gasteiger partial charge on any atom is 0.294 e. The van der Waals surface area contributed by atoms with Gasteiger partial charge in [0.2, 0.25) is 11.7 Å². The third-order valence-corrected chi connectivity index (χ3v) is 5.09. The summed E-state index contributed by atoms with van der Waals surface area (Å²) in [6, 6.07) is 5.47. The van der Waals surface area contributed by atoms with Crippen molar-refractivity contribution in [2.24, 2.45) is 0 Å². The Kier molecular flexibility index (Phi) is 6.44.